The van der Waals surface area contributed by atoms with Gasteiger partial charge in [0.1, 0.15) is 6.61 Å². The van der Waals surface area contributed by atoms with Crippen molar-refractivity contribution in [2.24, 2.45) is 0 Å². The van der Waals surface area contributed by atoms with Crippen LogP contribution in [-0.2, 0) is 14.9 Å². The molecule has 2 rings (SSSR count). The Hall–Kier alpha value is -1.39. The number of carbonyl (C=O) groups is 1. The molecule has 0 aliphatic carbocycles. The molecule has 1 N–H and O–H groups in total. The third-order valence-electron chi connectivity index (χ3n) is 4.01. The zero-order valence-corrected chi connectivity index (χ0v) is 13.5. The van der Waals surface area contributed by atoms with Gasteiger partial charge in [-0.15, -0.1) is 0 Å². The van der Waals surface area contributed by atoms with Gasteiger partial charge in [0.15, 0.2) is 0 Å². The second-order valence-electron chi connectivity index (χ2n) is 6.61. The highest BCUT2D eigenvalue weighted by molar-refractivity contribution is 5.78. The molecule has 1 aliphatic rings. The van der Waals surface area contributed by atoms with Crippen molar-refractivity contribution in [1.82, 2.24) is 10.2 Å². The zero-order valence-electron chi connectivity index (χ0n) is 13.5. The second kappa shape index (κ2) is 6.58. The van der Waals surface area contributed by atoms with Crippen molar-refractivity contribution >= 4 is 5.91 Å². The average molecular weight is 290 g/mol. The molecule has 1 aliphatic heterocycles. The maximum absolute atomic E-state index is 11.8. The standard InChI is InChI=1S/C17H26N2O2/c1-17(2,3)14-7-5-13(6-8-14)15(18-4)11-19-9-10-21-12-16(19)20/h5-8,15,18H,9-12H2,1-4H3. The molecule has 4 nitrogen and oxygen atoms in total. The van der Waals surface area contributed by atoms with Gasteiger partial charge in [0.05, 0.1) is 6.61 Å². The number of benzene rings is 1. The fourth-order valence-corrected chi connectivity index (χ4v) is 2.54. The van der Waals surface area contributed by atoms with Gasteiger partial charge in [-0.25, -0.2) is 0 Å². The van der Waals surface area contributed by atoms with Crippen LogP contribution < -0.4 is 5.32 Å². The van der Waals surface area contributed by atoms with E-state index in [1.807, 2.05) is 11.9 Å². The summed E-state index contributed by atoms with van der Waals surface area (Å²) in [5.74, 6) is 0.0767. The first-order valence-corrected chi connectivity index (χ1v) is 7.55. The van der Waals surface area contributed by atoms with Gasteiger partial charge in [-0.2, -0.15) is 0 Å². The van der Waals surface area contributed by atoms with E-state index in [1.54, 1.807) is 0 Å². The summed E-state index contributed by atoms with van der Waals surface area (Å²) in [5.41, 5.74) is 2.70. The molecule has 0 aromatic heterocycles. The van der Waals surface area contributed by atoms with Crippen molar-refractivity contribution in [1.29, 1.82) is 0 Å². The molecule has 0 radical (unpaired) electrons. The van der Waals surface area contributed by atoms with Crippen LogP contribution in [0.3, 0.4) is 0 Å². The Kier molecular flexibility index (Phi) is 5.01. The predicted octanol–water partition coefficient (Wildman–Crippen LogP) is 2.10. The Labute approximate surface area is 127 Å². The number of hydrogen-bond acceptors (Lipinski definition) is 3. The summed E-state index contributed by atoms with van der Waals surface area (Å²) in [6, 6.07) is 8.84. The molecular weight excluding hydrogens is 264 g/mol. The minimum absolute atomic E-state index is 0.0767. The molecule has 116 valence electrons. The zero-order chi connectivity index (χ0) is 15.5. The molecule has 1 saturated heterocycles. The summed E-state index contributed by atoms with van der Waals surface area (Å²) in [6.45, 7) is 8.84. The Morgan fingerprint density at radius 1 is 1.29 bits per heavy atom. The SMILES string of the molecule is CNC(CN1CCOCC1=O)c1ccc(C(C)(C)C)cc1. The first-order valence-electron chi connectivity index (χ1n) is 7.55. The third kappa shape index (κ3) is 4.05. The minimum Gasteiger partial charge on any atom is -0.370 e. The van der Waals surface area contributed by atoms with Crippen LogP contribution in [-0.4, -0.2) is 44.2 Å². The van der Waals surface area contributed by atoms with Crippen LogP contribution in [0.5, 0.6) is 0 Å². The number of hydrogen-bond donors (Lipinski definition) is 1. The fourth-order valence-electron chi connectivity index (χ4n) is 2.54. The van der Waals surface area contributed by atoms with Crippen LogP contribution in [0.25, 0.3) is 0 Å². The molecule has 1 unspecified atom stereocenters. The third-order valence-corrected chi connectivity index (χ3v) is 4.01. The van der Waals surface area contributed by atoms with Crippen LogP contribution >= 0.6 is 0 Å². The van der Waals surface area contributed by atoms with Gasteiger partial charge in [-0.3, -0.25) is 4.79 Å². The number of rotatable bonds is 4. The van der Waals surface area contributed by atoms with E-state index in [2.05, 4.69) is 50.4 Å². The predicted molar refractivity (Wildman–Crippen MR) is 84.3 cm³/mol. The molecule has 0 saturated carbocycles. The van der Waals surface area contributed by atoms with Gasteiger partial charge in [0.25, 0.3) is 0 Å². The highest BCUT2D eigenvalue weighted by Crippen LogP contribution is 2.24. The largest absolute Gasteiger partial charge is 0.370 e. The van der Waals surface area contributed by atoms with E-state index in [0.29, 0.717) is 19.7 Å². The van der Waals surface area contributed by atoms with Gasteiger partial charge >= 0.3 is 0 Å². The van der Waals surface area contributed by atoms with Crippen LogP contribution in [0.2, 0.25) is 0 Å². The molecule has 1 amide bonds. The Morgan fingerprint density at radius 3 is 2.48 bits per heavy atom. The van der Waals surface area contributed by atoms with E-state index in [1.165, 1.54) is 11.1 Å². The Bertz CT molecular complexity index is 477. The summed E-state index contributed by atoms with van der Waals surface area (Å²) in [4.78, 5) is 13.7. The van der Waals surface area contributed by atoms with E-state index in [4.69, 9.17) is 4.74 Å². The molecule has 0 spiro atoms. The lowest BCUT2D eigenvalue weighted by Crippen LogP contribution is -2.45. The van der Waals surface area contributed by atoms with Gasteiger partial charge in [0, 0.05) is 19.1 Å². The summed E-state index contributed by atoms with van der Waals surface area (Å²) in [6.07, 6.45) is 0. The number of nitrogens with zero attached hydrogens (tertiary/aromatic N) is 1. The van der Waals surface area contributed by atoms with E-state index in [9.17, 15) is 4.79 Å². The summed E-state index contributed by atoms with van der Waals surface area (Å²) < 4.78 is 5.17. The van der Waals surface area contributed by atoms with Gasteiger partial charge in [-0.05, 0) is 23.6 Å². The number of likely N-dealkylation sites (N-methyl/N-ethyl adjacent to an activating group) is 1. The number of morpholine rings is 1. The number of nitrogens with one attached hydrogen (secondary N) is 1. The molecule has 4 heteroatoms. The van der Waals surface area contributed by atoms with E-state index in [0.717, 1.165) is 0 Å². The van der Waals surface area contributed by atoms with E-state index < -0.39 is 0 Å². The average Bonchev–Trinajstić information content (AvgIpc) is 2.46. The fraction of sp³-hybridized carbons (Fsp3) is 0.588. The van der Waals surface area contributed by atoms with Gasteiger partial charge in [-0.1, -0.05) is 45.0 Å². The molecular formula is C17H26N2O2. The Morgan fingerprint density at radius 2 is 1.95 bits per heavy atom. The highest BCUT2D eigenvalue weighted by atomic mass is 16.5. The van der Waals surface area contributed by atoms with Crippen LogP contribution in [0.4, 0.5) is 0 Å². The van der Waals surface area contributed by atoms with Crippen molar-refractivity contribution in [3.63, 3.8) is 0 Å². The van der Waals surface area contributed by atoms with Crippen molar-refractivity contribution < 1.29 is 9.53 Å². The monoisotopic (exact) mass is 290 g/mol. The molecule has 1 aromatic carbocycles. The molecule has 1 aromatic rings. The van der Waals surface area contributed by atoms with Crippen molar-refractivity contribution in [3.05, 3.63) is 35.4 Å². The topological polar surface area (TPSA) is 41.6 Å². The smallest absolute Gasteiger partial charge is 0.248 e. The molecule has 1 heterocycles. The maximum atomic E-state index is 11.8. The summed E-state index contributed by atoms with van der Waals surface area (Å²) in [7, 11) is 1.94. The van der Waals surface area contributed by atoms with Gasteiger partial charge in [0.2, 0.25) is 5.91 Å². The van der Waals surface area contributed by atoms with Crippen LogP contribution in [0, 0.1) is 0 Å². The molecule has 1 fully saturated rings. The lowest BCUT2D eigenvalue weighted by atomic mass is 9.86. The minimum atomic E-state index is 0.0767. The number of ether oxygens (including phenoxy) is 1. The normalized spacial score (nSPS) is 17.9. The first kappa shape index (κ1) is 16.0. The molecule has 21 heavy (non-hydrogen) atoms. The Balaban J connectivity index is 2.08. The number of amides is 1. The highest BCUT2D eigenvalue weighted by Gasteiger charge is 2.22. The van der Waals surface area contributed by atoms with Crippen LogP contribution in [0.1, 0.15) is 37.9 Å². The molecule has 1 atom stereocenters. The first-order chi connectivity index (χ1) is 9.91. The quantitative estimate of drug-likeness (QED) is 0.923. The van der Waals surface area contributed by atoms with E-state index >= 15 is 0 Å². The summed E-state index contributed by atoms with van der Waals surface area (Å²) >= 11 is 0. The van der Waals surface area contributed by atoms with Crippen molar-refractivity contribution in [2.45, 2.75) is 32.2 Å². The van der Waals surface area contributed by atoms with Crippen LogP contribution in [0.15, 0.2) is 24.3 Å². The second-order valence-corrected chi connectivity index (χ2v) is 6.61. The number of carbonyl (C=O) groups excluding carboxylic acids is 1. The summed E-state index contributed by atoms with van der Waals surface area (Å²) in [5, 5.41) is 3.31. The van der Waals surface area contributed by atoms with Gasteiger partial charge < -0.3 is 15.0 Å². The lowest BCUT2D eigenvalue weighted by Gasteiger charge is -2.31. The maximum Gasteiger partial charge on any atom is 0.248 e. The van der Waals surface area contributed by atoms with Crippen molar-refractivity contribution in [2.75, 3.05) is 33.4 Å². The van der Waals surface area contributed by atoms with E-state index in [-0.39, 0.29) is 24.0 Å². The molecule has 0 bridgehead atoms. The lowest BCUT2D eigenvalue weighted by molar-refractivity contribution is -0.143. The van der Waals surface area contributed by atoms with Crippen molar-refractivity contribution in [3.8, 4) is 0 Å².